The average molecular weight is 339 g/mol. The van der Waals surface area contributed by atoms with Crippen molar-refractivity contribution in [3.63, 3.8) is 0 Å². The minimum atomic E-state index is -1.06. The molecule has 1 aromatic carbocycles. The fourth-order valence-corrected chi connectivity index (χ4v) is 1.51. The van der Waals surface area contributed by atoms with Gasteiger partial charge in [0.25, 0.3) is 0 Å². The smallest absolute Gasteiger partial charge is 0.335 e. The second kappa shape index (κ2) is 8.24. The van der Waals surface area contributed by atoms with Crippen molar-refractivity contribution in [2.24, 2.45) is 0 Å². The maximum Gasteiger partial charge on any atom is 0.335 e. The number of carbonyl (C=O) groups is 2. The lowest BCUT2D eigenvalue weighted by Crippen LogP contribution is -2.43. The van der Waals surface area contributed by atoms with Gasteiger partial charge in [0.05, 0.1) is 24.3 Å². The summed E-state index contributed by atoms with van der Waals surface area (Å²) in [4.78, 5) is 56.5. The Balaban J connectivity index is 0.000000240. The molecule has 0 unspecified atom stereocenters. The van der Waals surface area contributed by atoms with Gasteiger partial charge in [-0.2, -0.15) is 0 Å². The zero-order chi connectivity index (χ0) is 18.3. The molecule has 0 saturated carbocycles. The van der Waals surface area contributed by atoms with Crippen molar-refractivity contribution >= 4 is 11.9 Å². The van der Waals surface area contributed by atoms with Gasteiger partial charge >= 0.3 is 29.0 Å². The number of benzene rings is 1. The number of hydrogen-bond donors (Lipinski definition) is 5. The molecular formula is C13H13N3O8. The van der Waals surface area contributed by atoms with E-state index >= 15 is 0 Å². The Morgan fingerprint density at radius 3 is 1.54 bits per heavy atom. The third kappa shape index (κ3) is 5.06. The average Bonchev–Trinajstić information content (AvgIpc) is 2.51. The molecule has 1 aromatic heterocycles. The summed E-state index contributed by atoms with van der Waals surface area (Å²) in [5.74, 6) is -2.13. The first kappa shape index (κ1) is 18.6. The molecule has 0 aliphatic rings. The number of rotatable bonds is 4. The van der Waals surface area contributed by atoms with Gasteiger partial charge in [-0.25, -0.2) is 28.5 Å². The van der Waals surface area contributed by atoms with Crippen molar-refractivity contribution in [2.45, 2.75) is 6.54 Å². The number of aromatic carboxylic acids is 2. The Labute approximate surface area is 132 Å². The van der Waals surface area contributed by atoms with Crippen molar-refractivity contribution in [3.8, 4) is 0 Å². The summed E-state index contributed by atoms with van der Waals surface area (Å²) >= 11 is 0. The molecule has 0 amide bonds. The van der Waals surface area contributed by atoms with Crippen LogP contribution in [0.4, 0.5) is 0 Å². The molecule has 5 N–H and O–H groups in total. The zero-order valence-corrected chi connectivity index (χ0v) is 12.1. The molecule has 0 radical (unpaired) electrons. The van der Waals surface area contributed by atoms with E-state index in [0.717, 1.165) is 0 Å². The van der Waals surface area contributed by atoms with Gasteiger partial charge in [0, 0.05) is 0 Å². The monoisotopic (exact) mass is 339 g/mol. The van der Waals surface area contributed by atoms with Crippen LogP contribution in [0.2, 0.25) is 0 Å². The zero-order valence-electron chi connectivity index (χ0n) is 12.1. The Morgan fingerprint density at radius 1 is 0.875 bits per heavy atom. The Kier molecular flexibility index (Phi) is 6.38. The van der Waals surface area contributed by atoms with Gasteiger partial charge in [-0.3, -0.25) is 9.97 Å². The second-order valence-corrected chi connectivity index (χ2v) is 4.25. The fourth-order valence-electron chi connectivity index (χ4n) is 1.51. The number of carboxylic acids is 2. The van der Waals surface area contributed by atoms with Crippen molar-refractivity contribution in [1.82, 2.24) is 14.5 Å². The molecule has 2 aromatic rings. The summed E-state index contributed by atoms with van der Waals surface area (Å²) in [5.41, 5.74) is -2.32. The van der Waals surface area contributed by atoms with Crippen LogP contribution in [0.15, 0.2) is 38.6 Å². The summed E-state index contributed by atoms with van der Waals surface area (Å²) in [6, 6.07) is 5.02. The van der Waals surface area contributed by atoms with E-state index in [2.05, 4.69) is 0 Å². The van der Waals surface area contributed by atoms with E-state index in [4.69, 9.17) is 15.3 Å². The van der Waals surface area contributed by atoms with E-state index in [1.165, 1.54) is 24.3 Å². The Hall–Kier alpha value is -3.47. The summed E-state index contributed by atoms with van der Waals surface area (Å²) in [6.07, 6.45) is 0. The van der Waals surface area contributed by atoms with Crippen molar-refractivity contribution < 1.29 is 24.9 Å². The van der Waals surface area contributed by atoms with Gasteiger partial charge in [0.15, 0.2) is 0 Å². The predicted octanol–water partition coefficient (Wildman–Crippen LogP) is -1.70. The number of H-pyrrole nitrogens is 2. The molecule has 1 heterocycles. The number of aliphatic hydroxyl groups is 1. The number of hydrogen-bond acceptors (Lipinski definition) is 6. The summed E-state index contributed by atoms with van der Waals surface area (Å²) in [6.45, 7) is -0.472. The number of carboxylic acid groups (broad SMARTS) is 2. The normalized spacial score (nSPS) is 9.71. The first-order chi connectivity index (χ1) is 11.3. The van der Waals surface area contributed by atoms with E-state index in [1.807, 2.05) is 9.97 Å². The lowest BCUT2D eigenvalue weighted by Gasteiger charge is -1.97. The molecule has 0 atom stereocenters. The third-order valence-electron chi connectivity index (χ3n) is 2.63. The lowest BCUT2D eigenvalue weighted by molar-refractivity contribution is 0.0681. The first-order valence-electron chi connectivity index (χ1n) is 6.37. The highest BCUT2D eigenvalue weighted by atomic mass is 16.4. The van der Waals surface area contributed by atoms with Crippen LogP contribution in [0.3, 0.4) is 0 Å². The van der Waals surface area contributed by atoms with E-state index < -0.39 is 29.0 Å². The first-order valence-corrected chi connectivity index (χ1v) is 6.37. The van der Waals surface area contributed by atoms with Crippen LogP contribution < -0.4 is 17.1 Å². The summed E-state index contributed by atoms with van der Waals surface area (Å²) in [5, 5.41) is 25.4. The van der Waals surface area contributed by atoms with Gasteiger partial charge in [0.2, 0.25) is 0 Å². The number of aliphatic hydroxyl groups excluding tert-OH is 1. The molecule has 0 aliphatic heterocycles. The fraction of sp³-hybridized carbons (Fsp3) is 0.154. The number of nitrogens with zero attached hydrogens (tertiary/aromatic N) is 1. The number of aromatic amines is 2. The summed E-state index contributed by atoms with van der Waals surface area (Å²) in [7, 11) is 0. The van der Waals surface area contributed by atoms with Gasteiger partial charge in [-0.15, -0.1) is 0 Å². The van der Waals surface area contributed by atoms with E-state index in [0.29, 0.717) is 4.57 Å². The molecule has 0 fully saturated rings. The molecule has 0 bridgehead atoms. The van der Waals surface area contributed by atoms with Crippen molar-refractivity contribution in [3.05, 3.63) is 66.8 Å². The SMILES string of the molecule is O=C(O)c1ccc(C(=O)O)cc1.O=c1[nH]c(=O)n(CCO)c(=O)[nH]1. The number of nitrogens with one attached hydrogen (secondary N) is 2. The van der Waals surface area contributed by atoms with Gasteiger partial charge in [-0.1, -0.05) is 0 Å². The molecule has 128 valence electrons. The van der Waals surface area contributed by atoms with Crippen LogP contribution in [-0.2, 0) is 6.54 Å². The van der Waals surface area contributed by atoms with Crippen molar-refractivity contribution in [2.75, 3.05) is 6.61 Å². The largest absolute Gasteiger partial charge is 0.478 e. The highest BCUT2D eigenvalue weighted by Gasteiger charge is 2.04. The molecule has 11 heteroatoms. The van der Waals surface area contributed by atoms with Crippen LogP contribution in [0, 0.1) is 0 Å². The molecular weight excluding hydrogens is 326 g/mol. The molecule has 0 saturated heterocycles. The van der Waals surface area contributed by atoms with Crippen molar-refractivity contribution in [1.29, 1.82) is 0 Å². The third-order valence-corrected chi connectivity index (χ3v) is 2.63. The standard InChI is InChI=1S/C8H6O4.C5H7N3O4/c9-7(10)5-1-2-6(4-3-5)8(11)12;9-2-1-8-4(11)6-3(10)7-5(8)12/h1-4H,(H,9,10)(H,11,12);9H,1-2H2,(H2,6,7,10,11,12). The van der Waals surface area contributed by atoms with Crippen LogP contribution in [-0.4, -0.2) is 48.4 Å². The topological polar surface area (TPSA) is 183 Å². The van der Waals surface area contributed by atoms with Gasteiger partial charge < -0.3 is 15.3 Å². The minimum Gasteiger partial charge on any atom is -0.478 e. The molecule has 24 heavy (non-hydrogen) atoms. The maximum absolute atomic E-state index is 10.8. The van der Waals surface area contributed by atoms with Gasteiger partial charge in [0.1, 0.15) is 0 Å². The quantitative estimate of drug-likeness (QED) is 0.436. The van der Waals surface area contributed by atoms with E-state index in [1.54, 1.807) is 0 Å². The van der Waals surface area contributed by atoms with Gasteiger partial charge in [-0.05, 0) is 24.3 Å². The highest BCUT2D eigenvalue weighted by Crippen LogP contribution is 2.03. The number of aromatic nitrogens is 3. The molecule has 0 aliphatic carbocycles. The van der Waals surface area contributed by atoms with Crippen LogP contribution >= 0.6 is 0 Å². The predicted molar refractivity (Wildman–Crippen MR) is 79.4 cm³/mol. The highest BCUT2D eigenvalue weighted by molar-refractivity contribution is 5.91. The van der Waals surface area contributed by atoms with Crippen LogP contribution in [0.5, 0.6) is 0 Å². The lowest BCUT2D eigenvalue weighted by atomic mass is 10.1. The summed E-state index contributed by atoms with van der Waals surface area (Å²) < 4.78 is 0.696. The Morgan fingerprint density at radius 2 is 1.25 bits per heavy atom. The molecule has 0 spiro atoms. The second-order valence-electron chi connectivity index (χ2n) is 4.25. The molecule has 11 nitrogen and oxygen atoms in total. The Bertz CT molecular complexity index is 824. The van der Waals surface area contributed by atoms with E-state index in [9.17, 15) is 24.0 Å². The minimum absolute atomic E-state index is 0.0833. The maximum atomic E-state index is 10.8. The van der Waals surface area contributed by atoms with Crippen LogP contribution in [0.1, 0.15) is 20.7 Å². The van der Waals surface area contributed by atoms with Crippen LogP contribution in [0.25, 0.3) is 0 Å². The molecule has 2 rings (SSSR count). The van der Waals surface area contributed by atoms with E-state index in [-0.39, 0.29) is 24.3 Å².